The topological polar surface area (TPSA) is 29.5 Å². The largest absolute Gasteiger partial charge is 0.435 e. The Kier molecular flexibility index (Phi) is 4.24. The molecule has 1 N–H and O–H groups in total. The molecule has 6 heteroatoms. The minimum Gasteiger partial charge on any atom is -0.435 e. The van der Waals surface area contributed by atoms with Crippen LogP contribution in [-0.4, -0.2) is 11.7 Å². The molecule has 2 rings (SSSR count). The van der Waals surface area contributed by atoms with E-state index in [4.69, 9.17) is 0 Å². The molecule has 1 unspecified atom stereocenters. The first-order valence-corrected chi connectivity index (χ1v) is 5.65. The van der Waals surface area contributed by atoms with Crippen LogP contribution < -0.4 is 4.74 Å². The highest BCUT2D eigenvalue weighted by Crippen LogP contribution is 2.25. The summed E-state index contributed by atoms with van der Waals surface area (Å²) in [6, 6.07) is 8.26. The van der Waals surface area contributed by atoms with Gasteiger partial charge in [-0.1, -0.05) is 18.2 Å². The van der Waals surface area contributed by atoms with E-state index >= 15 is 0 Å². The van der Waals surface area contributed by atoms with Gasteiger partial charge in [0.25, 0.3) is 0 Å². The molecule has 0 saturated heterocycles. The number of alkyl halides is 2. The fourth-order valence-electron chi connectivity index (χ4n) is 1.71. The minimum atomic E-state index is -2.93. The van der Waals surface area contributed by atoms with Crippen LogP contribution in [-0.2, 0) is 0 Å². The molecular formula is C14H10F4O2. The zero-order valence-corrected chi connectivity index (χ0v) is 10.1. The molecule has 0 radical (unpaired) electrons. The Morgan fingerprint density at radius 2 is 1.45 bits per heavy atom. The lowest BCUT2D eigenvalue weighted by atomic mass is 10.0. The van der Waals surface area contributed by atoms with Crippen LogP contribution >= 0.6 is 0 Å². The summed E-state index contributed by atoms with van der Waals surface area (Å²) >= 11 is 0. The molecule has 2 nitrogen and oxygen atoms in total. The molecule has 0 aliphatic rings. The second-order valence-corrected chi connectivity index (χ2v) is 4.02. The van der Waals surface area contributed by atoms with E-state index in [1.807, 2.05) is 0 Å². The molecule has 0 aliphatic carbocycles. The highest BCUT2D eigenvalue weighted by atomic mass is 19.3. The molecule has 0 aromatic heterocycles. The van der Waals surface area contributed by atoms with Crippen LogP contribution in [0.25, 0.3) is 0 Å². The molecule has 0 heterocycles. The Labute approximate surface area is 112 Å². The van der Waals surface area contributed by atoms with Gasteiger partial charge in [-0.25, -0.2) is 8.78 Å². The molecule has 1 atom stereocenters. The quantitative estimate of drug-likeness (QED) is 0.869. The summed E-state index contributed by atoms with van der Waals surface area (Å²) in [5.41, 5.74) is 0.504. The normalized spacial score (nSPS) is 12.5. The number of benzene rings is 2. The smallest absolute Gasteiger partial charge is 0.387 e. The van der Waals surface area contributed by atoms with Crippen LogP contribution in [0.15, 0.2) is 42.5 Å². The summed E-state index contributed by atoms with van der Waals surface area (Å²) in [5.74, 6) is -2.14. The van der Waals surface area contributed by atoms with Crippen LogP contribution in [0, 0.1) is 11.6 Å². The van der Waals surface area contributed by atoms with Gasteiger partial charge < -0.3 is 9.84 Å². The zero-order chi connectivity index (χ0) is 14.7. The number of hydrogen-bond acceptors (Lipinski definition) is 2. The lowest BCUT2D eigenvalue weighted by Gasteiger charge is -2.12. The summed E-state index contributed by atoms with van der Waals surface area (Å²) in [6.45, 7) is -2.93. The van der Waals surface area contributed by atoms with Gasteiger partial charge in [0.05, 0.1) is 0 Å². The fraction of sp³-hybridized carbons (Fsp3) is 0.143. The van der Waals surface area contributed by atoms with Crippen molar-refractivity contribution < 1.29 is 27.4 Å². The molecule has 0 amide bonds. The van der Waals surface area contributed by atoms with E-state index < -0.39 is 24.3 Å². The SMILES string of the molecule is OC(c1ccc(OC(F)F)cc1)c1ccc(F)c(F)c1. The molecular weight excluding hydrogens is 276 g/mol. The maximum Gasteiger partial charge on any atom is 0.387 e. The molecule has 0 spiro atoms. The monoisotopic (exact) mass is 286 g/mol. The van der Waals surface area contributed by atoms with Gasteiger partial charge in [0.15, 0.2) is 11.6 Å². The summed E-state index contributed by atoms with van der Waals surface area (Å²) < 4.78 is 54.0. The number of aliphatic hydroxyl groups is 1. The predicted octanol–water partition coefficient (Wildman–Crippen LogP) is 3.65. The molecule has 0 fully saturated rings. The summed E-state index contributed by atoms with van der Waals surface area (Å²) in [6.07, 6.45) is -1.19. The first-order chi connectivity index (χ1) is 9.47. The molecule has 20 heavy (non-hydrogen) atoms. The van der Waals surface area contributed by atoms with Gasteiger partial charge in [0, 0.05) is 0 Å². The van der Waals surface area contributed by atoms with Crippen LogP contribution in [0.2, 0.25) is 0 Å². The van der Waals surface area contributed by atoms with Gasteiger partial charge in [-0.3, -0.25) is 0 Å². The Morgan fingerprint density at radius 3 is 2.00 bits per heavy atom. The molecule has 0 bridgehead atoms. The number of ether oxygens (including phenoxy) is 1. The Hall–Kier alpha value is -2.08. The van der Waals surface area contributed by atoms with Crippen molar-refractivity contribution in [3.8, 4) is 5.75 Å². The van der Waals surface area contributed by atoms with E-state index in [9.17, 15) is 22.7 Å². The van der Waals surface area contributed by atoms with E-state index in [-0.39, 0.29) is 11.3 Å². The van der Waals surface area contributed by atoms with Crippen molar-refractivity contribution in [2.24, 2.45) is 0 Å². The Bertz CT molecular complexity index is 584. The Morgan fingerprint density at radius 1 is 0.850 bits per heavy atom. The first kappa shape index (κ1) is 14.3. The van der Waals surface area contributed by atoms with Gasteiger partial charge >= 0.3 is 6.61 Å². The van der Waals surface area contributed by atoms with Gasteiger partial charge in [-0.15, -0.1) is 0 Å². The number of halogens is 4. The van der Waals surface area contributed by atoms with Crippen molar-refractivity contribution in [2.45, 2.75) is 12.7 Å². The maximum absolute atomic E-state index is 13.1. The average Bonchev–Trinajstić information content (AvgIpc) is 2.41. The van der Waals surface area contributed by atoms with Crippen molar-refractivity contribution in [1.82, 2.24) is 0 Å². The van der Waals surface area contributed by atoms with Crippen LogP contribution in [0.5, 0.6) is 5.75 Å². The third-order valence-electron chi connectivity index (χ3n) is 2.68. The van der Waals surface area contributed by atoms with Crippen molar-refractivity contribution in [3.63, 3.8) is 0 Å². The van der Waals surface area contributed by atoms with Gasteiger partial charge in [0.1, 0.15) is 11.9 Å². The van der Waals surface area contributed by atoms with Crippen molar-refractivity contribution >= 4 is 0 Å². The number of rotatable bonds is 4. The van der Waals surface area contributed by atoms with Crippen LogP contribution in [0.1, 0.15) is 17.2 Å². The standard InChI is InChI=1S/C14H10F4O2/c15-11-6-3-9(7-12(11)16)13(19)8-1-4-10(5-2-8)20-14(17)18/h1-7,13-14,19H. The highest BCUT2D eigenvalue weighted by Gasteiger charge is 2.13. The van der Waals surface area contributed by atoms with E-state index in [1.165, 1.54) is 30.3 Å². The van der Waals surface area contributed by atoms with Gasteiger partial charge in [-0.05, 0) is 35.4 Å². The van der Waals surface area contributed by atoms with Gasteiger partial charge in [-0.2, -0.15) is 8.78 Å². The van der Waals surface area contributed by atoms with Gasteiger partial charge in [0.2, 0.25) is 0 Å². The molecule has 2 aromatic rings. The van der Waals surface area contributed by atoms with E-state index in [0.29, 0.717) is 5.56 Å². The summed E-state index contributed by atoms with van der Waals surface area (Å²) in [5, 5.41) is 10.0. The number of hydrogen-bond donors (Lipinski definition) is 1. The van der Waals surface area contributed by atoms with E-state index in [2.05, 4.69) is 4.74 Å². The van der Waals surface area contributed by atoms with Crippen molar-refractivity contribution in [2.75, 3.05) is 0 Å². The molecule has 2 aromatic carbocycles. The lowest BCUT2D eigenvalue weighted by Crippen LogP contribution is -2.03. The van der Waals surface area contributed by atoms with Crippen LogP contribution in [0.3, 0.4) is 0 Å². The van der Waals surface area contributed by atoms with E-state index in [1.54, 1.807) is 0 Å². The molecule has 106 valence electrons. The molecule has 0 saturated carbocycles. The molecule has 0 aliphatic heterocycles. The average molecular weight is 286 g/mol. The minimum absolute atomic E-state index is 0.0544. The predicted molar refractivity (Wildman–Crippen MR) is 63.5 cm³/mol. The third-order valence-corrected chi connectivity index (χ3v) is 2.68. The second kappa shape index (κ2) is 5.92. The summed E-state index contributed by atoms with van der Waals surface area (Å²) in [7, 11) is 0. The zero-order valence-electron chi connectivity index (χ0n) is 10.1. The first-order valence-electron chi connectivity index (χ1n) is 5.65. The van der Waals surface area contributed by atoms with Crippen molar-refractivity contribution in [1.29, 1.82) is 0 Å². The van der Waals surface area contributed by atoms with Crippen molar-refractivity contribution in [3.05, 3.63) is 65.2 Å². The van der Waals surface area contributed by atoms with E-state index in [0.717, 1.165) is 12.1 Å². The fourth-order valence-corrected chi connectivity index (χ4v) is 1.71. The number of aliphatic hydroxyl groups excluding tert-OH is 1. The van der Waals surface area contributed by atoms with Crippen LogP contribution in [0.4, 0.5) is 17.6 Å². The third kappa shape index (κ3) is 3.27. The lowest BCUT2D eigenvalue weighted by molar-refractivity contribution is -0.0498. The second-order valence-electron chi connectivity index (χ2n) is 4.02. The summed E-state index contributed by atoms with van der Waals surface area (Å²) in [4.78, 5) is 0. The maximum atomic E-state index is 13.1. The Balaban J connectivity index is 2.20. The highest BCUT2D eigenvalue weighted by molar-refractivity contribution is 5.34.